The summed E-state index contributed by atoms with van der Waals surface area (Å²) in [6.45, 7) is 1.96. The summed E-state index contributed by atoms with van der Waals surface area (Å²) in [6, 6.07) is 1.48. The van der Waals surface area contributed by atoms with E-state index in [1.54, 1.807) is 6.92 Å². The normalized spacial score (nSPS) is 11.9. The topological polar surface area (TPSA) is 60.9 Å². The number of alkyl halides is 3. The molecule has 0 aliphatic rings. The third-order valence-corrected chi connectivity index (χ3v) is 4.61. The maximum absolute atomic E-state index is 12.6. The van der Waals surface area contributed by atoms with Crippen LogP contribution in [0.4, 0.5) is 13.2 Å². The van der Waals surface area contributed by atoms with Crippen molar-refractivity contribution in [3.05, 3.63) is 28.9 Å². The summed E-state index contributed by atoms with van der Waals surface area (Å²) in [5, 5.41) is 7.93. The maximum atomic E-state index is 12.6. The predicted molar refractivity (Wildman–Crippen MR) is 86.5 cm³/mol. The Labute approximate surface area is 145 Å². The van der Waals surface area contributed by atoms with Crippen molar-refractivity contribution in [2.45, 2.75) is 37.5 Å². The third-order valence-electron chi connectivity index (χ3n) is 3.25. The Hall–Kier alpha value is -1.42. The molecule has 132 valence electrons. The summed E-state index contributed by atoms with van der Waals surface area (Å²) in [5.74, 6) is 0.809. The number of carbonyl (C=O) groups excluding carboxylic acids is 1. The van der Waals surface area contributed by atoms with Crippen LogP contribution in [0, 0.1) is 13.8 Å². The van der Waals surface area contributed by atoms with Crippen LogP contribution in [0.5, 0.6) is 0 Å². The van der Waals surface area contributed by atoms with E-state index in [4.69, 9.17) is 4.42 Å². The number of hydrogen-bond acceptors (Lipinski definition) is 6. The van der Waals surface area contributed by atoms with Gasteiger partial charge in [0.1, 0.15) is 6.54 Å². The molecular weight excluding hydrogens is 363 g/mol. The molecule has 0 saturated heterocycles. The van der Waals surface area contributed by atoms with Gasteiger partial charge in [-0.1, -0.05) is 11.8 Å². The fourth-order valence-electron chi connectivity index (χ4n) is 2.19. The highest BCUT2D eigenvalue weighted by Crippen LogP contribution is 2.25. The zero-order chi connectivity index (χ0) is 17.9. The van der Waals surface area contributed by atoms with Gasteiger partial charge in [0.2, 0.25) is 5.89 Å². The molecule has 0 spiro atoms. The number of thioether (sulfide) groups is 2. The van der Waals surface area contributed by atoms with Crippen LogP contribution in [0.1, 0.15) is 27.6 Å². The monoisotopic (exact) mass is 379 g/mol. The van der Waals surface area contributed by atoms with Crippen molar-refractivity contribution >= 4 is 29.3 Å². The van der Waals surface area contributed by atoms with Crippen molar-refractivity contribution in [1.82, 2.24) is 14.8 Å². The molecule has 0 radical (unpaired) electrons. The minimum absolute atomic E-state index is 0.0250. The first-order valence-electron chi connectivity index (χ1n) is 6.92. The van der Waals surface area contributed by atoms with Crippen LogP contribution in [0.25, 0.3) is 0 Å². The van der Waals surface area contributed by atoms with Crippen molar-refractivity contribution in [3.63, 3.8) is 0 Å². The van der Waals surface area contributed by atoms with Gasteiger partial charge < -0.3 is 8.98 Å². The fourth-order valence-corrected chi connectivity index (χ4v) is 3.22. The smallest absolute Gasteiger partial charge is 0.406 e. The molecule has 2 rings (SSSR count). The molecule has 0 aromatic carbocycles. The number of aromatic nitrogens is 3. The van der Waals surface area contributed by atoms with Crippen LogP contribution >= 0.6 is 23.5 Å². The average molecular weight is 379 g/mol. The quantitative estimate of drug-likeness (QED) is 0.537. The Balaban J connectivity index is 2.05. The van der Waals surface area contributed by atoms with Crippen LogP contribution < -0.4 is 0 Å². The second-order valence-corrected chi connectivity index (χ2v) is 6.89. The molecule has 0 unspecified atom stereocenters. The van der Waals surface area contributed by atoms with Gasteiger partial charge in [0.05, 0.1) is 11.5 Å². The van der Waals surface area contributed by atoms with Crippen molar-refractivity contribution < 1.29 is 22.4 Å². The van der Waals surface area contributed by atoms with Gasteiger partial charge in [0.15, 0.2) is 5.78 Å². The highest BCUT2D eigenvalue weighted by Gasteiger charge is 2.30. The highest BCUT2D eigenvalue weighted by atomic mass is 32.2. The molecule has 24 heavy (non-hydrogen) atoms. The summed E-state index contributed by atoms with van der Waals surface area (Å²) in [4.78, 5) is 12.3. The first-order chi connectivity index (χ1) is 11.2. The second-order valence-electron chi connectivity index (χ2n) is 5.09. The standard InChI is InChI=1S/C14H16F3N3O2S2/c1-8-4-10(9(2)20(8)7-14(15,16)17)11(21)5-24-13-19-18-12(22-13)6-23-3/h4H,5-7H2,1-3H3. The van der Waals surface area contributed by atoms with Gasteiger partial charge in [0, 0.05) is 17.0 Å². The van der Waals surface area contributed by atoms with Crippen LogP contribution in [0.15, 0.2) is 15.7 Å². The molecule has 10 heteroatoms. The Morgan fingerprint density at radius 1 is 1.33 bits per heavy atom. The van der Waals surface area contributed by atoms with E-state index in [-0.39, 0.29) is 22.3 Å². The number of halogens is 3. The fraction of sp³-hybridized carbons (Fsp3) is 0.500. The van der Waals surface area contributed by atoms with E-state index >= 15 is 0 Å². The number of Topliss-reactive ketones (excluding diaryl/α,β-unsaturated/α-hetero) is 1. The Bertz CT molecular complexity index is 725. The molecule has 0 atom stereocenters. The van der Waals surface area contributed by atoms with Gasteiger partial charge in [-0.2, -0.15) is 24.9 Å². The van der Waals surface area contributed by atoms with E-state index in [0.717, 1.165) is 16.3 Å². The number of hydrogen-bond donors (Lipinski definition) is 0. The zero-order valence-corrected chi connectivity index (χ0v) is 14.9. The molecule has 2 aromatic rings. The van der Waals surface area contributed by atoms with E-state index in [2.05, 4.69) is 10.2 Å². The Kier molecular flexibility index (Phi) is 6.02. The van der Waals surface area contributed by atoms with Crippen LogP contribution in [-0.2, 0) is 12.3 Å². The van der Waals surface area contributed by atoms with E-state index in [0.29, 0.717) is 23.0 Å². The van der Waals surface area contributed by atoms with Gasteiger partial charge in [-0.05, 0) is 26.2 Å². The lowest BCUT2D eigenvalue weighted by molar-refractivity contribution is -0.141. The summed E-state index contributed by atoms with van der Waals surface area (Å²) in [5.41, 5.74) is 0.996. The molecule has 2 heterocycles. The predicted octanol–water partition coefficient (Wildman–Crippen LogP) is 3.89. The molecule has 5 nitrogen and oxygen atoms in total. The molecule has 0 N–H and O–H groups in total. The molecule has 2 aromatic heterocycles. The highest BCUT2D eigenvalue weighted by molar-refractivity contribution is 7.99. The Morgan fingerprint density at radius 2 is 2.04 bits per heavy atom. The van der Waals surface area contributed by atoms with Crippen LogP contribution in [0.3, 0.4) is 0 Å². The van der Waals surface area contributed by atoms with Gasteiger partial charge in [-0.15, -0.1) is 10.2 Å². The van der Waals surface area contributed by atoms with E-state index in [1.165, 1.54) is 24.8 Å². The van der Waals surface area contributed by atoms with Gasteiger partial charge >= 0.3 is 6.18 Å². The summed E-state index contributed by atoms with van der Waals surface area (Å²) >= 11 is 2.61. The third kappa shape index (κ3) is 4.79. The van der Waals surface area contributed by atoms with Gasteiger partial charge in [-0.3, -0.25) is 4.79 Å². The largest absolute Gasteiger partial charge is 0.415 e. The number of rotatable bonds is 7. The van der Waals surface area contributed by atoms with Crippen molar-refractivity contribution in [2.75, 3.05) is 12.0 Å². The molecule has 0 fully saturated rings. The van der Waals surface area contributed by atoms with E-state index < -0.39 is 12.7 Å². The number of aryl methyl sites for hydroxylation is 1. The van der Waals surface area contributed by atoms with Crippen molar-refractivity contribution in [3.8, 4) is 0 Å². The first kappa shape index (κ1) is 18.9. The minimum atomic E-state index is -4.33. The van der Waals surface area contributed by atoms with Crippen LogP contribution in [-0.4, -0.2) is 38.7 Å². The molecule has 0 aliphatic carbocycles. The SMILES string of the molecule is CSCc1nnc(SCC(=O)c2cc(C)n(CC(F)(F)F)c2C)o1. The van der Waals surface area contributed by atoms with E-state index in [1.807, 2.05) is 6.26 Å². The van der Waals surface area contributed by atoms with Gasteiger partial charge in [-0.25, -0.2) is 0 Å². The zero-order valence-electron chi connectivity index (χ0n) is 13.3. The number of ketones is 1. The molecule has 0 saturated carbocycles. The molecule has 0 bridgehead atoms. The Morgan fingerprint density at radius 3 is 2.67 bits per heavy atom. The van der Waals surface area contributed by atoms with Crippen molar-refractivity contribution in [1.29, 1.82) is 0 Å². The van der Waals surface area contributed by atoms with Crippen molar-refractivity contribution in [2.24, 2.45) is 0 Å². The first-order valence-corrected chi connectivity index (χ1v) is 9.30. The van der Waals surface area contributed by atoms with Gasteiger partial charge in [0.25, 0.3) is 5.22 Å². The number of nitrogens with zero attached hydrogens (tertiary/aromatic N) is 3. The van der Waals surface area contributed by atoms with Crippen LogP contribution in [0.2, 0.25) is 0 Å². The summed E-state index contributed by atoms with van der Waals surface area (Å²) in [6.07, 6.45) is -2.43. The lowest BCUT2D eigenvalue weighted by atomic mass is 10.2. The molecule has 0 amide bonds. The molecular formula is C14H16F3N3O2S2. The molecule has 0 aliphatic heterocycles. The summed E-state index contributed by atoms with van der Waals surface area (Å²) < 4.78 is 44.3. The lowest BCUT2D eigenvalue weighted by Gasteiger charge is -2.12. The van der Waals surface area contributed by atoms with E-state index in [9.17, 15) is 18.0 Å². The lowest BCUT2D eigenvalue weighted by Crippen LogP contribution is -2.19. The minimum Gasteiger partial charge on any atom is -0.415 e. The maximum Gasteiger partial charge on any atom is 0.406 e. The summed E-state index contributed by atoms with van der Waals surface area (Å²) in [7, 11) is 0. The average Bonchev–Trinajstić information content (AvgIpc) is 3.04. The second kappa shape index (κ2) is 7.64. The number of carbonyl (C=O) groups is 1.